The second kappa shape index (κ2) is 7.67. The van der Waals surface area contributed by atoms with Crippen molar-refractivity contribution in [3.05, 3.63) is 78.9 Å². The zero-order valence-corrected chi connectivity index (χ0v) is 14.4. The molecular weight excluding hydrogens is 310 g/mol. The quantitative estimate of drug-likeness (QED) is 0.684. The Balaban J connectivity index is 2.11. The predicted molar refractivity (Wildman–Crippen MR) is 102 cm³/mol. The lowest BCUT2D eigenvalue weighted by molar-refractivity contribution is 0.198. The molecule has 0 radical (unpaired) electrons. The maximum absolute atomic E-state index is 12.3. The first kappa shape index (κ1) is 16.8. The molecule has 3 aromatic rings. The lowest BCUT2D eigenvalue weighted by atomic mass is 9.97. The lowest BCUT2D eigenvalue weighted by Gasteiger charge is -2.16. The van der Waals surface area contributed by atoms with Crippen molar-refractivity contribution in [2.75, 3.05) is 0 Å². The third-order valence-electron chi connectivity index (χ3n) is 3.79. The van der Waals surface area contributed by atoms with E-state index in [0.717, 1.165) is 22.3 Å². The van der Waals surface area contributed by atoms with E-state index in [9.17, 15) is 4.79 Å². The van der Waals surface area contributed by atoms with Crippen LogP contribution in [0.4, 0.5) is 4.79 Å². The van der Waals surface area contributed by atoms with E-state index in [1.807, 2.05) is 92.7 Å². The molecule has 0 aromatic heterocycles. The van der Waals surface area contributed by atoms with Gasteiger partial charge in [0, 0.05) is 17.2 Å². The number of ether oxygens (including phenoxy) is 1. The van der Waals surface area contributed by atoms with Gasteiger partial charge >= 0.3 is 6.09 Å². The van der Waals surface area contributed by atoms with Crippen LogP contribution < -0.4 is 10.1 Å². The summed E-state index contributed by atoms with van der Waals surface area (Å²) in [4.78, 5) is 12.3. The monoisotopic (exact) mass is 331 g/mol. The Labute approximate surface area is 148 Å². The Bertz CT molecular complexity index is 785. The van der Waals surface area contributed by atoms with Gasteiger partial charge in [-0.25, -0.2) is 4.79 Å². The van der Waals surface area contributed by atoms with Crippen LogP contribution in [0.15, 0.2) is 78.9 Å². The average Bonchev–Trinajstić information content (AvgIpc) is 2.62. The number of benzene rings is 3. The summed E-state index contributed by atoms with van der Waals surface area (Å²) in [5.74, 6) is 0.568. The van der Waals surface area contributed by atoms with E-state index in [-0.39, 0.29) is 6.04 Å². The topological polar surface area (TPSA) is 38.3 Å². The Morgan fingerprint density at radius 1 is 0.760 bits per heavy atom. The van der Waals surface area contributed by atoms with Crippen molar-refractivity contribution in [2.45, 2.75) is 19.9 Å². The fourth-order valence-corrected chi connectivity index (χ4v) is 2.69. The van der Waals surface area contributed by atoms with Crippen LogP contribution in [0.1, 0.15) is 13.8 Å². The Hall–Kier alpha value is -3.07. The minimum absolute atomic E-state index is 0.0107. The van der Waals surface area contributed by atoms with Crippen molar-refractivity contribution >= 4 is 6.09 Å². The fraction of sp³-hybridized carbons (Fsp3) is 0.136. The van der Waals surface area contributed by atoms with Crippen molar-refractivity contribution < 1.29 is 9.53 Å². The molecule has 126 valence electrons. The molecule has 3 rings (SSSR count). The number of hydrogen-bond acceptors (Lipinski definition) is 2. The highest BCUT2D eigenvalue weighted by atomic mass is 16.6. The van der Waals surface area contributed by atoms with E-state index < -0.39 is 6.09 Å². The van der Waals surface area contributed by atoms with Gasteiger partial charge in [-0.15, -0.1) is 0 Å². The van der Waals surface area contributed by atoms with Crippen LogP contribution >= 0.6 is 0 Å². The summed E-state index contributed by atoms with van der Waals surface area (Å²) in [5.41, 5.74) is 3.79. The van der Waals surface area contributed by atoms with Gasteiger partial charge in [0.05, 0.1) is 0 Å². The minimum Gasteiger partial charge on any atom is -0.409 e. The Morgan fingerprint density at radius 2 is 1.24 bits per heavy atom. The molecule has 0 aliphatic heterocycles. The van der Waals surface area contributed by atoms with Gasteiger partial charge in [-0.2, -0.15) is 0 Å². The van der Waals surface area contributed by atoms with Crippen molar-refractivity contribution in [3.63, 3.8) is 0 Å². The van der Waals surface area contributed by atoms with Gasteiger partial charge in [-0.1, -0.05) is 78.9 Å². The molecular formula is C22H21NO2. The molecule has 3 heteroatoms. The maximum Gasteiger partial charge on any atom is 0.412 e. The van der Waals surface area contributed by atoms with E-state index in [1.165, 1.54) is 0 Å². The standard InChI is InChI=1S/C22H21NO2/c1-16(2)23-22(24)25-21-19(17-10-5-3-6-11-17)14-9-15-20(21)18-12-7-4-8-13-18/h3-16H,1-2H3,(H,23,24). The molecule has 0 aliphatic carbocycles. The predicted octanol–water partition coefficient (Wildman–Crippen LogP) is 5.52. The summed E-state index contributed by atoms with van der Waals surface area (Å²) in [6.07, 6.45) is -0.449. The molecule has 0 spiro atoms. The molecule has 0 saturated heterocycles. The van der Waals surface area contributed by atoms with Crippen molar-refractivity contribution in [1.82, 2.24) is 5.32 Å². The van der Waals surface area contributed by atoms with Crippen LogP contribution in [-0.4, -0.2) is 12.1 Å². The van der Waals surface area contributed by atoms with E-state index in [0.29, 0.717) is 5.75 Å². The minimum atomic E-state index is -0.449. The number of para-hydroxylation sites is 1. The molecule has 1 N–H and O–H groups in total. The summed E-state index contributed by atoms with van der Waals surface area (Å²) < 4.78 is 5.75. The number of amides is 1. The molecule has 0 unspecified atom stereocenters. The van der Waals surface area contributed by atoms with Crippen LogP contribution in [0.2, 0.25) is 0 Å². The van der Waals surface area contributed by atoms with E-state index in [2.05, 4.69) is 5.32 Å². The summed E-state index contributed by atoms with van der Waals surface area (Å²) in [7, 11) is 0. The molecule has 0 heterocycles. The molecule has 0 bridgehead atoms. The third kappa shape index (κ3) is 4.07. The number of carbonyl (C=O) groups excluding carboxylic acids is 1. The van der Waals surface area contributed by atoms with Crippen molar-refractivity contribution in [2.24, 2.45) is 0 Å². The zero-order chi connectivity index (χ0) is 17.6. The molecule has 0 aliphatic rings. The van der Waals surface area contributed by atoms with Gasteiger partial charge in [0.25, 0.3) is 0 Å². The van der Waals surface area contributed by atoms with Crippen molar-refractivity contribution in [1.29, 1.82) is 0 Å². The average molecular weight is 331 g/mol. The summed E-state index contributed by atoms with van der Waals surface area (Å²) >= 11 is 0. The van der Waals surface area contributed by atoms with E-state index >= 15 is 0 Å². The Morgan fingerprint density at radius 3 is 1.68 bits per heavy atom. The highest BCUT2D eigenvalue weighted by Gasteiger charge is 2.17. The molecule has 0 fully saturated rings. The maximum atomic E-state index is 12.3. The first-order chi connectivity index (χ1) is 12.1. The number of nitrogens with one attached hydrogen (secondary N) is 1. The number of carbonyl (C=O) groups is 1. The van der Waals surface area contributed by atoms with Crippen LogP contribution in [-0.2, 0) is 0 Å². The molecule has 0 saturated carbocycles. The second-order valence-electron chi connectivity index (χ2n) is 6.10. The fourth-order valence-electron chi connectivity index (χ4n) is 2.69. The van der Waals surface area contributed by atoms with Gasteiger partial charge in [0.15, 0.2) is 0 Å². The number of hydrogen-bond donors (Lipinski definition) is 1. The molecule has 1 amide bonds. The van der Waals surface area contributed by atoms with Crippen LogP contribution in [0.5, 0.6) is 5.75 Å². The SMILES string of the molecule is CC(C)NC(=O)Oc1c(-c2ccccc2)cccc1-c1ccccc1. The van der Waals surface area contributed by atoms with Crippen molar-refractivity contribution in [3.8, 4) is 28.0 Å². The van der Waals surface area contributed by atoms with E-state index in [1.54, 1.807) is 0 Å². The molecule has 3 aromatic carbocycles. The van der Waals surface area contributed by atoms with Gasteiger partial charge in [0.2, 0.25) is 0 Å². The summed E-state index contributed by atoms with van der Waals surface area (Å²) in [5, 5.41) is 2.79. The second-order valence-corrected chi connectivity index (χ2v) is 6.10. The smallest absolute Gasteiger partial charge is 0.409 e. The molecule has 25 heavy (non-hydrogen) atoms. The molecule has 0 atom stereocenters. The highest BCUT2D eigenvalue weighted by molar-refractivity contribution is 5.86. The van der Waals surface area contributed by atoms with Gasteiger partial charge in [-0.05, 0) is 25.0 Å². The first-order valence-corrected chi connectivity index (χ1v) is 8.37. The highest BCUT2D eigenvalue weighted by Crippen LogP contribution is 2.39. The van der Waals surface area contributed by atoms with E-state index in [4.69, 9.17) is 4.74 Å². The van der Waals surface area contributed by atoms with Gasteiger partial charge in [0.1, 0.15) is 5.75 Å². The lowest BCUT2D eigenvalue weighted by Crippen LogP contribution is -2.32. The third-order valence-corrected chi connectivity index (χ3v) is 3.79. The summed E-state index contributed by atoms with van der Waals surface area (Å²) in [6.45, 7) is 3.81. The van der Waals surface area contributed by atoms with Crippen LogP contribution in [0.3, 0.4) is 0 Å². The first-order valence-electron chi connectivity index (χ1n) is 8.37. The molecule has 3 nitrogen and oxygen atoms in total. The summed E-state index contributed by atoms with van der Waals surface area (Å²) in [6, 6.07) is 25.8. The normalized spacial score (nSPS) is 10.5. The Kier molecular flexibility index (Phi) is 5.14. The largest absolute Gasteiger partial charge is 0.412 e. The zero-order valence-electron chi connectivity index (χ0n) is 14.4. The van der Waals surface area contributed by atoms with Gasteiger partial charge in [-0.3, -0.25) is 0 Å². The van der Waals surface area contributed by atoms with Crippen LogP contribution in [0, 0.1) is 0 Å². The van der Waals surface area contributed by atoms with Gasteiger partial charge < -0.3 is 10.1 Å². The number of rotatable bonds is 4. The van der Waals surface area contributed by atoms with Crippen LogP contribution in [0.25, 0.3) is 22.3 Å².